The molecule has 0 fully saturated rings. The topological polar surface area (TPSA) is 135 Å². The number of hydrogen-bond acceptors (Lipinski definition) is 6. The number of benzene rings is 2. The molecule has 28 heavy (non-hydrogen) atoms. The Labute approximate surface area is 165 Å². The van der Waals surface area contributed by atoms with Crippen molar-refractivity contribution in [1.82, 2.24) is 4.68 Å². The summed E-state index contributed by atoms with van der Waals surface area (Å²) in [5.74, 6) is 0. The third kappa shape index (κ3) is 5.38. The van der Waals surface area contributed by atoms with E-state index < -0.39 is 20.1 Å². The van der Waals surface area contributed by atoms with Gasteiger partial charge in [0, 0.05) is 17.4 Å². The number of sulfone groups is 1. The molecular weight excluding hydrogens is 408 g/mol. The van der Waals surface area contributed by atoms with Gasteiger partial charge < -0.3 is 0 Å². The van der Waals surface area contributed by atoms with E-state index in [0.717, 1.165) is 11.1 Å². The van der Waals surface area contributed by atoms with Crippen LogP contribution in [0, 0.1) is 10.2 Å². The molecule has 0 N–H and O–H groups in total. The highest BCUT2D eigenvalue weighted by Crippen LogP contribution is 2.33. The molecule has 0 saturated carbocycles. The largest absolute Gasteiger partial charge is 0.257 e. The second-order valence-electron chi connectivity index (χ2n) is 5.96. The summed E-state index contributed by atoms with van der Waals surface area (Å²) < 4.78 is 62.9. The summed E-state index contributed by atoms with van der Waals surface area (Å²) >= 11 is 0. The summed E-state index contributed by atoms with van der Waals surface area (Å²) in [5.41, 5.74) is 3.17. The molecule has 0 aliphatic rings. The molecule has 2 aromatic carbocycles. The Morgan fingerprint density at radius 3 is 1.64 bits per heavy atom. The second-order valence-corrected chi connectivity index (χ2v) is 8.66. The molecule has 10 heteroatoms. The monoisotopic (exact) mass is 426 g/mol. The molecular formula is C18H19ClN2O6S. The average Bonchev–Trinajstić information content (AvgIpc) is 2.87. The third-order valence-corrected chi connectivity index (χ3v) is 5.12. The predicted octanol–water partition coefficient (Wildman–Crippen LogP) is -2.17. The molecule has 3 aromatic rings. The maximum absolute atomic E-state index is 12.6. The van der Waals surface area contributed by atoms with Gasteiger partial charge in [-0.2, -0.15) is 4.68 Å². The van der Waals surface area contributed by atoms with Gasteiger partial charge >= 0.3 is 0 Å². The maximum Gasteiger partial charge on any atom is 0.257 e. The molecule has 0 spiro atoms. The Morgan fingerprint density at radius 2 is 1.25 bits per heavy atom. The lowest BCUT2D eigenvalue weighted by Gasteiger charge is -2.17. The molecule has 0 unspecified atom stereocenters. The minimum absolute atomic E-state index is 0.361. The van der Waals surface area contributed by atoms with Crippen molar-refractivity contribution in [3.8, 4) is 22.5 Å². The van der Waals surface area contributed by atoms with Crippen LogP contribution in [0.1, 0.15) is 0 Å². The molecule has 0 radical (unpaired) electrons. The number of rotatable bonds is 3. The first-order valence-electron chi connectivity index (χ1n) is 7.93. The van der Waals surface area contributed by atoms with Crippen LogP contribution in [-0.4, -0.2) is 19.4 Å². The zero-order chi connectivity index (χ0) is 21.1. The van der Waals surface area contributed by atoms with Gasteiger partial charge in [-0.15, -0.1) is 14.9 Å². The van der Waals surface area contributed by atoms with Crippen LogP contribution < -0.4 is 23.3 Å². The molecule has 3 rings (SSSR count). The van der Waals surface area contributed by atoms with Gasteiger partial charge in [0.05, 0.1) is 7.05 Å². The highest BCUT2D eigenvalue weighted by atomic mass is 35.7. The first-order valence-corrected chi connectivity index (χ1v) is 11.1. The minimum atomic E-state index is -4.94. The summed E-state index contributed by atoms with van der Waals surface area (Å²) in [6, 6.07) is 19.2. The van der Waals surface area contributed by atoms with Crippen molar-refractivity contribution in [3.05, 3.63) is 60.7 Å². The standard InChI is InChI=1S/C18H19N2O2S.ClHO4/c1-19-16(14-10-6-4-7-11-14)18(23(3,21)22)17(20(19)2)15-12-8-5-9-13-15;2-1(3,4)5/h4-13H,1-3H3;(H,2,3,4,5)/q+1;/p-1. The molecule has 0 aliphatic carbocycles. The van der Waals surface area contributed by atoms with Crippen molar-refractivity contribution in [2.45, 2.75) is 4.90 Å². The summed E-state index contributed by atoms with van der Waals surface area (Å²) in [6.07, 6.45) is 1.27. The normalized spacial score (nSPS) is 11.7. The molecule has 0 amide bonds. The van der Waals surface area contributed by atoms with Crippen LogP contribution in [0.3, 0.4) is 0 Å². The van der Waals surface area contributed by atoms with Gasteiger partial charge in [-0.05, 0) is 12.1 Å². The third-order valence-electron chi connectivity index (χ3n) is 3.99. The van der Waals surface area contributed by atoms with Gasteiger partial charge in [-0.1, -0.05) is 48.5 Å². The fourth-order valence-corrected chi connectivity index (χ4v) is 4.09. The molecule has 1 heterocycles. The first-order chi connectivity index (χ1) is 12.9. The number of nitrogens with zero attached hydrogens (tertiary/aromatic N) is 2. The summed E-state index contributed by atoms with van der Waals surface area (Å²) in [7, 11) is -4.59. The van der Waals surface area contributed by atoms with E-state index in [0.29, 0.717) is 16.3 Å². The van der Waals surface area contributed by atoms with Gasteiger partial charge in [0.1, 0.15) is 5.69 Å². The van der Waals surface area contributed by atoms with Gasteiger partial charge in [0.2, 0.25) is 0 Å². The predicted molar refractivity (Wildman–Crippen MR) is 90.6 cm³/mol. The van der Waals surface area contributed by atoms with Crippen molar-refractivity contribution in [1.29, 1.82) is 0 Å². The minimum Gasteiger partial charge on any atom is -0.224 e. The quantitative estimate of drug-likeness (QED) is 0.437. The molecule has 0 bridgehead atoms. The van der Waals surface area contributed by atoms with Crippen molar-refractivity contribution in [2.75, 3.05) is 6.26 Å². The van der Waals surface area contributed by atoms with Crippen LogP contribution in [0.2, 0.25) is 0 Å². The Kier molecular flexibility index (Phi) is 6.60. The van der Waals surface area contributed by atoms with Crippen LogP contribution in [0.5, 0.6) is 0 Å². The van der Waals surface area contributed by atoms with Crippen LogP contribution in [0.15, 0.2) is 65.6 Å². The Morgan fingerprint density at radius 1 is 0.857 bits per heavy atom. The highest BCUT2D eigenvalue weighted by Gasteiger charge is 2.34. The van der Waals surface area contributed by atoms with Gasteiger partial charge in [0.25, 0.3) is 5.69 Å². The van der Waals surface area contributed by atoms with Crippen LogP contribution in [-0.2, 0) is 23.9 Å². The number of aromatic nitrogens is 2. The molecule has 1 aromatic heterocycles. The highest BCUT2D eigenvalue weighted by molar-refractivity contribution is 7.91. The summed E-state index contributed by atoms with van der Waals surface area (Å²) in [6.45, 7) is 0. The molecule has 150 valence electrons. The van der Waals surface area contributed by atoms with Crippen LogP contribution >= 0.6 is 0 Å². The van der Waals surface area contributed by atoms with Crippen LogP contribution in [0.4, 0.5) is 0 Å². The SMILES string of the molecule is Cn1c(-c2ccccc2)c(S(C)(=O)=O)c(-c2ccccc2)[n+]1C.[O-][Cl+3]([O-])([O-])[O-]. The molecule has 8 nitrogen and oxygen atoms in total. The summed E-state index contributed by atoms with van der Waals surface area (Å²) in [4.78, 5) is 0.361. The van der Waals surface area contributed by atoms with Crippen LogP contribution in [0.25, 0.3) is 22.5 Å². The second kappa shape index (κ2) is 8.39. The Bertz CT molecular complexity index is 976. The van der Waals surface area contributed by atoms with Crippen molar-refractivity contribution in [3.63, 3.8) is 0 Å². The van der Waals surface area contributed by atoms with E-state index in [4.69, 9.17) is 18.6 Å². The van der Waals surface area contributed by atoms with E-state index >= 15 is 0 Å². The lowest BCUT2D eigenvalue weighted by Crippen LogP contribution is -2.68. The van der Waals surface area contributed by atoms with Crippen molar-refractivity contribution < 1.29 is 42.0 Å². The molecule has 0 aliphatic heterocycles. The average molecular weight is 427 g/mol. The number of halogens is 1. The van der Waals surface area contributed by atoms with Gasteiger partial charge in [-0.3, -0.25) is 0 Å². The van der Waals surface area contributed by atoms with E-state index in [1.807, 2.05) is 84.1 Å². The summed E-state index contributed by atoms with van der Waals surface area (Å²) in [5, 5.41) is 0. The van der Waals surface area contributed by atoms with E-state index in [1.54, 1.807) is 0 Å². The van der Waals surface area contributed by atoms with Gasteiger partial charge in [-0.25, -0.2) is 27.1 Å². The lowest BCUT2D eigenvalue weighted by molar-refractivity contribution is -2.00. The fourth-order valence-electron chi connectivity index (χ4n) is 2.89. The Hall–Kier alpha value is -2.27. The number of hydrogen-bond donors (Lipinski definition) is 0. The van der Waals surface area contributed by atoms with E-state index in [-0.39, 0.29) is 0 Å². The fraction of sp³-hybridized carbons (Fsp3) is 0.167. The molecule has 0 saturated heterocycles. The van der Waals surface area contributed by atoms with E-state index in [2.05, 4.69) is 0 Å². The van der Waals surface area contributed by atoms with E-state index in [9.17, 15) is 8.42 Å². The van der Waals surface area contributed by atoms with Crippen molar-refractivity contribution in [2.24, 2.45) is 14.1 Å². The van der Waals surface area contributed by atoms with Crippen molar-refractivity contribution >= 4 is 9.84 Å². The smallest absolute Gasteiger partial charge is 0.224 e. The first kappa shape index (κ1) is 22.0. The maximum atomic E-state index is 12.6. The molecule has 0 atom stereocenters. The zero-order valence-corrected chi connectivity index (χ0v) is 17.0. The zero-order valence-electron chi connectivity index (χ0n) is 15.4. The Balaban J connectivity index is 0.000000500. The lowest BCUT2D eigenvalue weighted by atomic mass is 10.1. The van der Waals surface area contributed by atoms with E-state index in [1.165, 1.54) is 6.26 Å². The van der Waals surface area contributed by atoms with Gasteiger partial charge in [0.15, 0.2) is 21.8 Å².